The zero-order valence-corrected chi connectivity index (χ0v) is 6.99. The SMILES string of the molecule is COC1CCCC1C(N)=S. The molecule has 0 aromatic rings. The second-order valence-electron chi connectivity index (χ2n) is 2.71. The smallest absolute Gasteiger partial charge is 0.0784 e. The van der Waals surface area contributed by atoms with E-state index >= 15 is 0 Å². The van der Waals surface area contributed by atoms with Crippen LogP contribution in [0, 0.1) is 5.92 Å². The summed E-state index contributed by atoms with van der Waals surface area (Å²) in [7, 11) is 1.72. The molecule has 1 fully saturated rings. The lowest BCUT2D eigenvalue weighted by atomic mass is 10.1. The Morgan fingerprint density at radius 3 is 2.70 bits per heavy atom. The lowest BCUT2D eigenvalue weighted by Gasteiger charge is -2.15. The van der Waals surface area contributed by atoms with E-state index in [1.54, 1.807) is 7.11 Å². The van der Waals surface area contributed by atoms with Crippen LogP contribution in [0.15, 0.2) is 0 Å². The summed E-state index contributed by atoms with van der Waals surface area (Å²) in [5.41, 5.74) is 5.52. The Morgan fingerprint density at radius 2 is 2.30 bits per heavy atom. The van der Waals surface area contributed by atoms with Gasteiger partial charge in [0.25, 0.3) is 0 Å². The van der Waals surface area contributed by atoms with E-state index in [0.29, 0.717) is 10.9 Å². The molecule has 0 aromatic heterocycles. The first-order valence-corrected chi connectivity index (χ1v) is 3.98. The molecule has 0 saturated heterocycles. The van der Waals surface area contributed by atoms with Crippen LogP contribution in [0.3, 0.4) is 0 Å². The zero-order chi connectivity index (χ0) is 7.56. The molecule has 0 spiro atoms. The van der Waals surface area contributed by atoms with Gasteiger partial charge in [-0.25, -0.2) is 0 Å². The third-order valence-corrected chi connectivity index (χ3v) is 2.42. The molecule has 58 valence electrons. The third-order valence-electron chi connectivity index (χ3n) is 2.12. The monoisotopic (exact) mass is 159 g/mol. The van der Waals surface area contributed by atoms with E-state index in [4.69, 9.17) is 22.7 Å². The van der Waals surface area contributed by atoms with Crippen molar-refractivity contribution in [2.75, 3.05) is 7.11 Å². The highest BCUT2D eigenvalue weighted by Crippen LogP contribution is 2.27. The summed E-state index contributed by atoms with van der Waals surface area (Å²) in [5, 5.41) is 0. The molecule has 2 atom stereocenters. The molecule has 2 N–H and O–H groups in total. The van der Waals surface area contributed by atoms with E-state index in [1.165, 1.54) is 6.42 Å². The summed E-state index contributed by atoms with van der Waals surface area (Å²) in [5.74, 6) is 0.333. The predicted octanol–water partition coefficient (Wildman–Crippen LogP) is 1.09. The van der Waals surface area contributed by atoms with Gasteiger partial charge in [-0.3, -0.25) is 0 Å². The van der Waals surface area contributed by atoms with E-state index in [9.17, 15) is 0 Å². The average molecular weight is 159 g/mol. The maximum absolute atomic E-state index is 5.52. The summed E-state index contributed by atoms with van der Waals surface area (Å²) in [6.45, 7) is 0. The van der Waals surface area contributed by atoms with Crippen molar-refractivity contribution in [3.05, 3.63) is 0 Å². The zero-order valence-electron chi connectivity index (χ0n) is 6.17. The summed E-state index contributed by atoms with van der Waals surface area (Å²) in [6.07, 6.45) is 3.70. The standard InChI is InChI=1S/C7H13NOS/c1-9-6-4-2-3-5(6)7(8)10/h5-6H,2-4H2,1H3,(H2,8,10). The Kier molecular flexibility index (Phi) is 2.63. The first kappa shape index (κ1) is 7.95. The van der Waals surface area contributed by atoms with Gasteiger partial charge in [0.2, 0.25) is 0 Å². The third kappa shape index (κ3) is 1.47. The lowest BCUT2D eigenvalue weighted by Crippen LogP contribution is -2.28. The van der Waals surface area contributed by atoms with Crippen LogP contribution in [0.5, 0.6) is 0 Å². The van der Waals surface area contributed by atoms with Crippen LogP contribution >= 0.6 is 12.2 Å². The maximum Gasteiger partial charge on any atom is 0.0784 e. The molecule has 0 aliphatic heterocycles. The van der Waals surface area contributed by atoms with Crippen molar-refractivity contribution >= 4 is 17.2 Å². The number of methoxy groups -OCH3 is 1. The van der Waals surface area contributed by atoms with Gasteiger partial charge in [0.05, 0.1) is 11.1 Å². The van der Waals surface area contributed by atoms with E-state index in [-0.39, 0.29) is 6.10 Å². The number of hydrogen-bond donors (Lipinski definition) is 1. The van der Waals surface area contributed by atoms with Gasteiger partial charge in [-0.15, -0.1) is 0 Å². The Hall–Kier alpha value is -0.150. The van der Waals surface area contributed by atoms with Crippen LogP contribution in [0.25, 0.3) is 0 Å². The van der Waals surface area contributed by atoms with E-state index in [0.717, 1.165) is 12.8 Å². The minimum Gasteiger partial charge on any atom is -0.393 e. The summed E-state index contributed by atoms with van der Waals surface area (Å²) in [4.78, 5) is 0.615. The molecule has 1 rings (SSSR count). The molecule has 0 aromatic carbocycles. The molecule has 1 saturated carbocycles. The fourth-order valence-electron chi connectivity index (χ4n) is 1.53. The number of hydrogen-bond acceptors (Lipinski definition) is 2. The van der Waals surface area contributed by atoms with E-state index in [2.05, 4.69) is 0 Å². The molecule has 0 heterocycles. The van der Waals surface area contributed by atoms with Gasteiger partial charge in [0.15, 0.2) is 0 Å². The number of ether oxygens (including phenoxy) is 1. The van der Waals surface area contributed by atoms with Crippen molar-refractivity contribution in [3.8, 4) is 0 Å². The topological polar surface area (TPSA) is 35.2 Å². The fourth-order valence-corrected chi connectivity index (χ4v) is 1.80. The lowest BCUT2D eigenvalue weighted by molar-refractivity contribution is 0.0918. The number of rotatable bonds is 2. The molecule has 0 amide bonds. The van der Waals surface area contributed by atoms with Gasteiger partial charge in [-0.1, -0.05) is 18.6 Å². The molecule has 0 radical (unpaired) electrons. The molecule has 2 unspecified atom stereocenters. The first-order valence-electron chi connectivity index (χ1n) is 3.58. The molecule has 2 nitrogen and oxygen atoms in total. The van der Waals surface area contributed by atoms with Gasteiger partial charge in [-0.2, -0.15) is 0 Å². The van der Waals surface area contributed by atoms with E-state index in [1.807, 2.05) is 0 Å². The Balaban J connectivity index is 2.50. The molecular formula is C7H13NOS. The van der Waals surface area contributed by atoms with Crippen LogP contribution in [0.4, 0.5) is 0 Å². The molecule has 3 heteroatoms. The van der Waals surface area contributed by atoms with Gasteiger partial charge < -0.3 is 10.5 Å². The molecule has 10 heavy (non-hydrogen) atoms. The van der Waals surface area contributed by atoms with Crippen molar-refractivity contribution in [3.63, 3.8) is 0 Å². The maximum atomic E-state index is 5.52. The van der Waals surface area contributed by atoms with E-state index < -0.39 is 0 Å². The van der Waals surface area contributed by atoms with Gasteiger partial charge >= 0.3 is 0 Å². The van der Waals surface area contributed by atoms with Gasteiger partial charge in [0.1, 0.15) is 0 Å². The number of thiocarbonyl (C=S) groups is 1. The number of nitrogens with two attached hydrogens (primary N) is 1. The van der Waals surface area contributed by atoms with Crippen molar-refractivity contribution in [1.82, 2.24) is 0 Å². The van der Waals surface area contributed by atoms with Crippen LogP contribution in [0.1, 0.15) is 19.3 Å². The van der Waals surface area contributed by atoms with Crippen LogP contribution in [-0.2, 0) is 4.74 Å². The molecule has 1 aliphatic rings. The Bertz CT molecular complexity index is 138. The quantitative estimate of drug-likeness (QED) is 0.612. The molecule has 0 bridgehead atoms. The minimum atomic E-state index is 0.289. The summed E-state index contributed by atoms with van der Waals surface area (Å²) < 4.78 is 5.22. The second-order valence-corrected chi connectivity index (χ2v) is 3.19. The predicted molar refractivity (Wildman–Crippen MR) is 44.9 cm³/mol. The van der Waals surface area contributed by atoms with Crippen LogP contribution in [0.2, 0.25) is 0 Å². The first-order chi connectivity index (χ1) is 4.75. The average Bonchev–Trinajstić information content (AvgIpc) is 2.33. The normalized spacial score (nSPS) is 32.5. The van der Waals surface area contributed by atoms with Crippen molar-refractivity contribution in [1.29, 1.82) is 0 Å². The Labute approximate surface area is 66.7 Å². The molecular weight excluding hydrogens is 146 g/mol. The van der Waals surface area contributed by atoms with Crippen LogP contribution < -0.4 is 5.73 Å². The van der Waals surface area contributed by atoms with Crippen molar-refractivity contribution in [2.45, 2.75) is 25.4 Å². The summed E-state index contributed by atoms with van der Waals surface area (Å²) in [6, 6.07) is 0. The highest BCUT2D eigenvalue weighted by Gasteiger charge is 2.28. The fraction of sp³-hybridized carbons (Fsp3) is 0.857. The van der Waals surface area contributed by atoms with Gasteiger partial charge in [0, 0.05) is 13.0 Å². The Morgan fingerprint density at radius 1 is 1.60 bits per heavy atom. The highest BCUT2D eigenvalue weighted by atomic mass is 32.1. The largest absolute Gasteiger partial charge is 0.393 e. The van der Waals surface area contributed by atoms with Crippen LogP contribution in [-0.4, -0.2) is 18.2 Å². The summed E-state index contributed by atoms with van der Waals surface area (Å²) >= 11 is 4.90. The van der Waals surface area contributed by atoms with Gasteiger partial charge in [-0.05, 0) is 12.8 Å². The molecule has 1 aliphatic carbocycles. The second kappa shape index (κ2) is 3.30. The van der Waals surface area contributed by atoms with Crippen molar-refractivity contribution in [2.24, 2.45) is 11.7 Å². The minimum absolute atomic E-state index is 0.289. The van der Waals surface area contributed by atoms with Crippen molar-refractivity contribution < 1.29 is 4.74 Å². The highest BCUT2D eigenvalue weighted by molar-refractivity contribution is 7.80.